The molecular formula is C7H7N6W+. The number of anilines is 2. The van der Waals surface area contributed by atoms with Crippen LogP contribution < -0.4 is 11.5 Å². The van der Waals surface area contributed by atoms with Gasteiger partial charge in [-0.3, -0.25) is 4.98 Å². The molecule has 7 heteroatoms. The summed E-state index contributed by atoms with van der Waals surface area (Å²) in [6, 6.07) is 0. The van der Waals surface area contributed by atoms with E-state index in [1.165, 1.54) is 6.20 Å². The maximum atomic E-state index is 5.56. The summed E-state index contributed by atoms with van der Waals surface area (Å²) in [5, 5.41) is 0. The maximum Gasteiger partial charge on any atom is 2.00 e. The van der Waals surface area contributed by atoms with Crippen molar-refractivity contribution in [1.29, 1.82) is 0 Å². The van der Waals surface area contributed by atoms with Crippen molar-refractivity contribution in [3.05, 3.63) is 18.8 Å². The van der Waals surface area contributed by atoms with Gasteiger partial charge in [0.25, 0.3) is 0 Å². The molecule has 0 saturated heterocycles. The molecule has 0 atom stereocenters. The van der Waals surface area contributed by atoms with Crippen molar-refractivity contribution < 1.29 is 21.1 Å². The monoisotopic (exact) mass is 359 g/mol. The van der Waals surface area contributed by atoms with Gasteiger partial charge in [0.1, 0.15) is 5.52 Å². The molecule has 0 aliphatic rings. The van der Waals surface area contributed by atoms with Gasteiger partial charge in [0.2, 0.25) is 5.95 Å². The van der Waals surface area contributed by atoms with Gasteiger partial charge >= 0.3 is 21.1 Å². The van der Waals surface area contributed by atoms with Crippen LogP contribution in [0.2, 0.25) is 0 Å². The maximum absolute atomic E-state index is 5.56. The Morgan fingerprint density at radius 1 is 1.14 bits per heavy atom. The molecule has 0 radical (unpaired) electrons. The molecule has 0 fully saturated rings. The number of aromatic nitrogens is 4. The van der Waals surface area contributed by atoms with Crippen molar-refractivity contribution in [2.75, 3.05) is 11.5 Å². The quantitative estimate of drug-likeness (QED) is 0.630. The van der Waals surface area contributed by atoms with E-state index < -0.39 is 0 Å². The first kappa shape index (κ1) is 10.7. The normalized spacial score (nSPS) is 9.71. The molecule has 2 aromatic rings. The van der Waals surface area contributed by atoms with E-state index in [-0.39, 0.29) is 32.8 Å². The third kappa shape index (κ3) is 1.75. The molecule has 0 saturated carbocycles. The Labute approximate surface area is 94.4 Å². The van der Waals surface area contributed by atoms with Gasteiger partial charge in [0.15, 0.2) is 11.5 Å². The van der Waals surface area contributed by atoms with Crippen molar-refractivity contribution in [2.24, 2.45) is 0 Å². The SMILES string of the molecule is [CH2-]c1cnc2nc(N)nc(N)c2n1.[W+2]. The van der Waals surface area contributed by atoms with E-state index in [9.17, 15) is 0 Å². The van der Waals surface area contributed by atoms with Gasteiger partial charge in [0.05, 0.1) is 0 Å². The average molecular weight is 359 g/mol. The van der Waals surface area contributed by atoms with Gasteiger partial charge in [-0.15, -0.1) is 0 Å². The number of nitrogens with zero attached hydrogens (tertiary/aromatic N) is 4. The molecule has 14 heavy (non-hydrogen) atoms. The van der Waals surface area contributed by atoms with Crippen LogP contribution in [0.3, 0.4) is 0 Å². The number of hydrogen-bond donors (Lipinski definition) is 2. The van der Waals surface area contributed by atoms with Crippen LogP contribution in [-0.2, 0) is 21.1 Å². The molecule has 0 spiro atoms. The summed E-state index contributed by atoms with van der Waals surface area (Å²) in [4.78, 5) is 15.6. The minimum Gasteiger partial charge on any atom is -0.382 e. The molecule has 0 bridgehead atoms. The average Bonchev–Trinajstić information content (AvgIpc) is 2.06. The largest absolute Gasteiger partial charge is 2.00 e. The van der Waals surface area contributed by atoms with Crippen LogP contribution in [0.25, 0.3) is 11.2 Å². The first-order chi connectivity index (χ1) is 6.16. The molecule has 0 aliphatic carbocycles. The van der Waals surface area contributed by atoms with E-state index in [1.807, 2.05) is 0 Å². The van der Waals surface area contributed by atoms with Crippen LogP contribution in [0, 0.1) is 6.92 Å². The second kappa shape index (κ2) is 3.75. The summed E-state index contributed by atoms with van der Waals surface area (Å²) < 4.78 is 0. The summed E-state index contributed by atoms with van der Waals surface area (Å²) >= 11 is 0. The fourth-order valence-electron chi connectivity index (χ4n) is 0.983. The summed E-state index contributed by atoms with van der Waals surface area (Å²) in [6.45, 7) is 3.62. The van der Waals surface area contributed by atoms with Crippen LogP contribution in [0.4, 0.5) is 11.8 Å². The van der Waals surface area contributed by atoms with Crippen LogP contribution in [-0.4, -0.2) is 19.9 Å². The Hall–Kier alpha value is -1.42. The third-order valence-corrected chi connectivity index (χ3v) is 1.50. The standard InChI is InChI=1S/C7H7N6.W/c1-3-2-10-6-4(11-3)5(8)12-7(9)13-6;/h2H,1H2,(H4,8,9,10,12,13);/q-1;+2. The smallest absolute Gasteiger partial charge is 0.382 e. The molecule has 0 unspecified atom stereocenters. The zero-order valence-electron chi connectivity index (χ0n) is 7.14. The van der Waals surface area contributed by atoms with Crippen molar-refractivity contribution >= 4 is 22.9 Å². The van der Waals surface area contributed by atoms with Crippen molar-refractivity contribution in [1.82, 2.24) is 19.9 Å². The number of rotatable bonds is 0. The van der Waals surface area contributed by atoms with Gasteiger partial charge in [-0.1, -0.05) is 11.9 Å². The van der Waals surface area contributed by atoms with E-state index in [1.54, 1.807) is 0 Å². The van der Waals surface area contributed by atoms with Crippen molar-refractivity contribution in [3.8, 4) is 0 Å². The third-order valence-electron chi connectivity index (χ3n) is 1.50. The van der Waals surface area contributed by atoms with E-state index >= 15 is 0 Å². The van der Waals surface area contributed by atoms with Crippen LogP contribution in [0.15, 0.2) is 6.20 Å². The topological polar surface area (TPSA) is 104 Å². The van der Waals surface area contributed by atoms with Crippen molar-refractivity contribution in [2.45, 2.75) is 0 Å². The van der Waals surface area contributed by atoms with E-state index in [2.05, 4.69) is 26.9 Å². The van der Waals surface area contributed by atoms with Crippen LogP contribution in [0.5, 0.6) is 0 Å². The van der Waals surface area contributed by atoms with Gasteiger partial charge < -0.3 is 16.5 Å². The van der Waals surface area contributed by atoms with E-state index in [4.69, 9.17) is 11.5 Å². The Balaban J connectivity index is 0.000000980. The number of fused-ring (bicyclic) bond motifs is 1. The fraction of sp³-hybridized carbons (Fsp3) is 0. The Bertz CT molecular complexity index is 471. The van der Waals surface area contributed by atoms with Gasteiger partial charge in [0, 0.05) is 0 Å². The minimum absolute atomic E-state index is 0. The summed E-state index contributed by atoms with van der Waals surface area (Å²) in [5.41, 5.74) is 12.3. The van der Waals surface area contributed by atoms with E-state index in [0.717, 1.165) is 0 Å². The second-order valence-electron chi connectivity index (χ2n) is 2.50. The molecule has 6 nitrogen and oxygen atoms in total. The molecule has 0 aliphatic heterocycles. The molecule has 70 valence electrons. The molecule has 0 aromatic carbocycles. The Kier molecular flexibility index (Phi) is 2.86. The summed E-state index contributed by atoms with van der Waals surface area (Å²) in [6.07, 6.45) is 1.49. The number of nitrogen functional groups attached to an aromatic ring is 2. The summed E-state index contributed by atoms with van der Waals surface area (Å²) in [7, 11) is 0. The summed E-state index contributed by atoms with van der Waals surface area (Å²) in [5.74, 6) is 0.316. The minimum atomic E-state index is 0. The molecule has 4 N–H and O–H groups in total. The van der Waals surface area contributed by atoms with Gasteiger partial charge in [-0.25, -0.2) is 6.92 Å². The van der Waals surface area contributed by atoms with Crippen LogP contribution in [0.1, 0.15) is 5.69 Å². The zero-order chi connectivity index (χ0) is 9.42. The first-order valence-electron chi connectivity index (χ1n) is 3.54. The predicted molar refractivity (Wildman–Crippen MR) is 48.4 cm³/mol. The molecule has 0 amide bonds. The van der Waals surface area contributed by atoms with Crippen molar-refractivity contribution in [3.63, 3.8) is 0 Å². The second-order valence-corrected chi connectivity index (χ2v) is 2.50. The zero-order valence-corrected chi connectivity index (χ0v) is 10.1. The van der Waals surface area contributed by atoms with E-state index in [0.29, 0.717) is 16.9 Å². The molecule has 2 rings (SSSR count). The fourth-order valence-corrected chi connectivity index (χ4v) is 0.983. The molecule has 2 heterocycles. The predicted octanol–water partition coefficient (Wildman–Crippen LogP) is -0.236. The Morgan fingerprint density at radius 3 is 2.57 bits per heavy atom. The molecule has 2 aromatic heterocycles. The van der Waals surface area contributed by atoms with Gasteiger partial charge in [-0.05, 0) is 0 Å². The first-order valence-corrected chi connectivity index (χ1v) is 3.54. The van der Waals surface area contributed by atoms with Crippen LogP contribution >= 0.6 is 0 Å². The number of hydrogen-bond acceptors (Lipinski definition) is 6. The Morgan fingerprint density at radius 2 is 1.86 bits per heavy atom. The number of nitrogens with two attached hydrogens (primary N) is 2. The molecular weight excluding hydrogens is 352 g/mol. The van der Waals surface area contributed by atoms with Gasteiger partial charge in [-0.2, -0.15) is 9.97 Å².